The van der Waals surface area contributed by atoms with E-state index in [1.165, 1.54) is 19.2 Å². The first-order chi connectivity index (χ1) is 9.84. The molecular formula is C14H19N3O4. The predicted octanol–water partition coefficient (Wildman–Crippen LogP) is 2.38. The summed E-state index contributed by atoms with van der Waals surface area (Å²) in [6, 6.07) is 4.98. The van der Waals surface area contributed by atoms with E-state index in [4.69, 9.17) is 20.5 Å². The van der Waals surface area contributed by atoms with Gasteiger partial charge in [-0.15, -0.1) is 0 Å². The predicted molar refractivity (Wildman–Crippen MR) is 77.0 cm³/mol. The molecule has 0 aliphatic rings. The monoisotopic (exact) mass is 293 g/mol. The number of nitrogens with zero attached hydrogens (tertiary/aromatic N) is 2. The van der Waals surface area contributed by atoms with E-state index in [0.717, 1.165) is 0 Å². The molecule has 0 saturated carbocycles. The Morgan fingerprint density at radius 3 is 2.57 bits per heavy atom. The van der Waals surface area contributed by atoms with E-state index >= 15 is 0 Å². The molecule has 0 atom stereocenters. The lowest BCUT2D eigenvalue weighted by Gasteiger charge is -2.17. The van der Waals surface area contributed by atoms with Gasteiger partial charge in [-0.3, -0.25) is 10.1 Å². The Balaban J connectivity index is 2.98. The first kappa shape index (κ1) is 16.7. The van der Waals surface area contributed by atoms with Gasteiger partial charge in [0.05, 0.1) is 36.2 Å². The average Bonchev–Trinajstić information content (AvgIpc) is 2.46. The second-order valence-electron chi connectivity index (χ2n) is 5.19. The van der Waals surface area contributed by atoms with Crippen molar-refractivity contribution in [1.29, 1.82) is 5.26 Å². The van der Waals surface area contributed by atoms with Crippen molar-refractivity contribution < 1.29 is 14.4 Å². The van der Waals surface area contributed by atoms with Gasteiger partial charge in [-0.1, -0.05) is 0 Å². The van der Waals surface area contributed by atoms with Crippen molar-refractivity contribution in [1.82, 2.24) is 0 Å². The van der Waals surface area contributed by atoms with Crippen LogP contribution >= 0.6 is 0 Å². The van der Waals surface area contributed by atoms with E-state index in [0.29, 0.717) is 17.7 Å². The van der Waals surface area contributed by atoms with Gasteiger partial charge in [0.25, 0.3) is 5.69 Å². The molecule has 7 heteroatoms. The highest BCUT2D eigenvalue weighted by molar-refractivity contribution is 5.54. The van der Waals surface area contributed by atoms with E-state index in [2.05, 4.69) is 6.07 Å². The molecule has 1 aromatic carbocycles. The summed E-state index contributed by atoms with van der Waals surface area (Å²) in [5.41, 5.74) is 5.26. The highest BCUT2D eigenvalue weighted by atomic mass is 16.6. The van der Waals surface area contributed by atoms with Crippen LogP contribution in [0.4, 0.5) is 5.69 Å². The summed E-state index contributed by atoms with van der Waals surface area (Å²) < 4.78 is 10.7. The zero-order valence-electron chi connectivity index (χ0n) is 12.4. The van der Waals surface area contributed by atoms with Crippen molar-refractivity contribution in [3.8, 4) is 17.6 Å². The molecule has 0 aliphatic heterocycles. The minimum Gasteiger partial charge on any atom is -0.493 e. The molecule has 0 aliphatic carbocycles. The van der Waals surface area contributed by atoms with E-state index in [9.17, 15) is 10.1 Å². The fraction of sp³-hybridized carbons (Fsp3) is 0.500. The van der Waals surface area contributed by atoms with Gasteiger partial charge in [-0.25, -0.2) is 0 Å². The highest BCUT2D eigenvalue weighted by Crippen LogP contribution is 2.35. The third-order valence-corrected chi connectivity index (χ3v) is 3.07. The lowest BCUT2D eigenvalue weighted by molar-refractivity contribution is -0.385. The van der Waals surface area contributed by atoms with Gasteiger partial charge in [-0.05, 0) is 26.3 Å². The van der Waals surface area contributed by atoms with Crippen LogP contribution in [0.3, 0.4) is 0 Å². The maximum Gasteiger partial charge on any atom is 0.277 e. The van der Waals surface area contributed by atoms with Crippen LogP contribution in [0.25, 0.3) is 0 Å². The summed E-state index contributed by atoms with van der Waals surface area (Å²) in [7, 11) is 1.45. The smallest absolute Gasteiger partial charge is 0.277 e. The van der Waals surface area contributed by atoms with E-state index in [1.54, 1.807) is 13.8 Å². The number of nitro benzene ring substituents is 1. The highest BCUT2D eigenvalue weighted by Gasteiger charge is 2.20. The molecule has 0 bridgehead atoms. The average molecular weight is 293 g/mol. The molecule has 0 spiro atoms. The zero-order valence-corrected chi connectivity index (χ0v) is 12.4. The maximum absolute atomic E-state index is 11.0. The Hall–Kier alpha value is -2.33. The molecule has 114 valence electrons. The van der Waals surface area contributed by atoms with Gasteiger partial charge in [-0.2, -0.15) is 5.26 Å². The van der Waals surface area contributed by atoms with Gasteiger partial charge in [0.2, 0.25) is 0 Å². The van der Waals surface area contributed by atoms with Gasteiger partial charge >= 0.3 is 0 Å². The second-order valence-corrected chi connectivity index (χ2v) is 5.19. The standard InChI is InChI=1S/C14H19N3O4/c1-14(2,9-16)4-5-21-13-7-11(17(18)19)10(8-15)6-12(13)20-3/h6-7H,4-5,8,15H2,1-3H3. The van der Waals surface area contributed by atoms with Gasteiger partial charge in [0.1, 0.15) is 0 Å². The quantitative estimate of drug-likeness (QED) is 0.610. The molecular weight excluding hydrogens is 274 g/mol. The fourth-order valence-electron chi connectivity index (χ4n) is 1.67. The summed E-state index contributed by atoms with van der Waals surface area (Å²) in [5, 5.41) is 20.0. The van der Waals surface area contributed by atoms with Crippen LogP contribution in [0.1, 0.15) is 25.8 Å². The van der Waals surface area contributed by atoms with Crippen molar-refractivity contribution >= 4 is 5.69 Å². The number of nitrogens with two attached hydrogens (primary N) is 1. The Morgan fingerprint density at radius 2 is 2.10 bits per heavy atom. The van der Waals surface area contributed by atoms with E-state index in [1.807, 2.05) is 0 Å². The van der Waals surface area contributed by atoms with Crippen LogP contribution < -0.4 is 15.2 Å². The molecule has 0 radical (unpaired) electrons. The number of nitriles is 1. The summed E-state index contributed by atoms with van der Waals surface area (Å²) in [6.07, 6.45) is 0.499. The molecule has 0 fully saturated rings. The minimum absolute atomic E-state index is 0.0361. The van der Waals surface area contributed by atoms with Crippen molar-refractivity contribution in [2.45, 2.75) is 26.8 Å². The molecule has 0 heterocycles. The van der Waals surface area contributed by atoms with Crippen LogP contribution in [0, 0.1) is 26.9 Å². The number of hydrogen-bond donors (Lipinski definition) is 1. The first-order valence-electron chi connectivity index (χ1n) is 6.44. The lowest BCUT2D eigenvalue weighted by Crippen LogP contribution is -2.13. The molecule has 0 saturated heterocycles. The maximum atomic E-state index is 11.0. The molecule has 0 unspecified atom stereocenters. The molecule has 1 aromatic rings. The normalized spacial score (nSPS) is 10.8. The zero-order chi connectivity index (χ0) is 16.0. The Morgan fingerprint density at radius 1 is 1.43 bits per heavy atom. The van der Waals surface area contributed by atoms with Gasteiger partial charge < -0.3 is 15.2 Å². The Bertz CT molecular complexity index is 564. The molecule has 0 aromatic heterocycles. The third kappa shape index (κ3) is 4.33. The van der Waals surface area contributed by atoms with Crippen molar-refractivity contribution in [3.63, 3.8) is 0 Å². The lowest BCUT2D eigenvalue weighted by atomic mass is 9.92. The molecule has 7 nitrogen and oxygen atoms in total. The van der Waals surface area contributed by atoms with E-state index < -0.39 is 10.3 Å². The Kier molecular flexibility index (Phi) is 5.50. The number of nitro groups is 1. The van der Waals surface area contributed by atoms with Crippen molar-refractivity contribution in [3.05, 3.63) is 27.8 Å². The van der Waals surface area contributed by atoms with Crippen LogP contribution in [-0.2, 0) is 6.54 Å². The second kappa shape index (κ2) is 6.90. The summed E-state index contributed by atoms with van der Waals surface area (Å²) in [5.74, 6) is 0.658. The topological polar surface area (TPSA) is 111 Å². The summed E-state index contributed by atoms with van der Waals surface area (Å²) in [6.45, 7) is 3.89. The summed E-state index contributed by atoms with van der Waals surface area (Å²) in [4.78, 5) is 10.5. The number of methoxy groups -OCH3 is 1. The SMILES string of the molecule is COc1cc(CN)c([N+](=O)[O-])cc1OCCC(C)(C)C#N. The number of benzene rings is 1. The molecule has 0 amide bonds. The van der Waals surface area contributed by atoms with Crippen LogP contribution in [0.5, 0.6) is 11.5 Å². The molecule has 1 rings (SSSR count). The Labute approximate surface area is 123 Å². The fourth-order valence-corrected chi connectivity index (χ4v) is 1.67. The number of ether oxygens (including phenoxy) is 2. The van der Waals surface area contributed by atoms with Gasteiger partial charge in [0, 0.05) is 12.1 Å². The van der Waals surface area contributed by atoms with Crippen molar-refractivity contribution in [2.24, 2.45) is 11.1 Å². The molecule has 2 N–H and O–H groups in total. The number of hydrogen-bond acceptors (Lipinski definition) is 6. The van der Waals surface area contributed by atoms with Crippen LogP contribution in [0.15, 0.2) is 12.1 Å². The van der Waals surface area contributed by atoms with E-state index in [-0.39, 0.29) is 24.6 Å². The molecule has 21 heavy (non-hydrogen) atoms. The van der Waals surface area contributed by atoms with Gasteiger partial charge in [0.15, 0.2) is 11.5 Å². The minimum atomic E-state index is -0.517. The third-order valence-electron chi connectivity index (χ3n) is 3.07. The largest absolute Gasteiger partial charge is 0.493 e. The first-order valence-corrected chi connectivity index (χ1v) is 6.44. The number of rotatable bonds is 7. The van der Waals surface area contributed by atoms with Crippen molar-refractivity contribution in [2.75, 3.05) is 13.7 Å². The van der Waals surface area contributed by atoms with Crippen LogP contribution in [-0.4, -0.2) is 18.6 Å². The summed E-state index contributed by atoms with van der Waals surface area (Å²) >= 11 is 0. The van der Waals surface area contributed by atoms with Crippen LogP contribution in [0.2, 0.25) is 0 Å².